The summed E-state index contributed by atoms with van der Waals surface area (Å²) in [6, 6.07) is 0. The van der Waals surface area contributed by atoms with Gasteiger partial charge in [-0.1, -0.05) is 0 Å². The molecule has 0 unspecified atom stereocenters. The monoisotopic (exact) mass is 155 g/mol. The van der Waals surface area contributed by atoms with Crippen molar-refractivity contribution in [3.63, 3.8) is 0 Å². The summed E-state index contributed by atoms with van der Waals surface area (Å²) < 4.78 is 1.58. The van der Waals surface area contributed by atoms with Crippen molar-refractivity contribution in [2.75, 3.05) is 0 Å². The molecule has 5 heteroatoms. The second-order valence-electron chi connectivity index (χ2n) is 2.42. The Kier molecular flexibility index (Phi) is 1.89. The fourth-order valence-electron chi connectivity index (χ4n) is 0.932. The summed E-state index contributed by atoms with van der Waals surface area (Å²) in [7, 11) is 1.75. The van der Waals surface area contributed by atoms with Crippen LogP contribution in [0.25, 0.3) is 0 Å². The molecule has 0 bridgehead atoms. The Balaban J connectivity index is 2.85. The largest absolute Gasteiger partial charge is 0.275 e. The van der Waals surface area contributed by atoms with Gasteiger partial charge in [0.25, 0.3) is 0 Å². The molecule has 5 nitrogen and oxygen atoms in total. The zero-order chi connectivity index (χ0) is 8.43. The molecule has 11 heavy (non-hydrogen) atoms. The van der Waals surface area contributed by atoms with Gasteiger partial charge in [0.15, 0.2) is 0 Å². The van der Waals surface area contributed by atoms with Crippen LogP contribution in [0.5, 0.6) is 0 Å². The van der Waals surface area contributed by atoms with Gasteiger partial charge in [-0.15, -0.1) is 0 Å². The first-order valence-corrected chi connectivity index (χ1v) is 3.20. The number of hydrogen-bond donors (Lipinski definition) is 0. The highest BCUT2D eigenvalue weighted by Crippen LogP contribution is 2.04. The van der Waals surface area contributed by atoms with Crippen molar-refractivity contribution in [2.45, 2.75) is 13.5 Å². The highest BCUT2D eigenvalue weighted by Gasteiger charge is 2.08. The summed E-state index contributed by atoms with van der Waals surface area (Å²) in [6.07, 6.45) is 1.76. The van der Waals surface area contributed by atoms with Crippen LogP contribution in [0.15, 0.2) is 6.20 Å². The Morgan fingerprint density at radius 1 is 1.82 bits per heavy atom. The average molecular weight is 155 g/mol. The van der Waals surface area contributed by atoms with Crippen LogP contribution in [-0.4, -0.2) is 14.7 Å². The molecule has 1 aromatic heterocycles. The first kappa shape index (κ1) is 7.71. The molecule has 1 rings (SSSR count). The van der Waals surface area contributed by atoms with E-state index in [9.17, 15) is 10.1 Å². The Morgan fingerprint density at radius 2 is 2.45 bits per heavy atom. The molecule has 60 valence electrons. The van der Waals surface area contributed by atoms with Crippen molar-refractivity contribution in [1.82, 2.24) is 9.78 Å². The third kappa shape index (κ3) is 1.76. The Morgan fingerprint density at radius 3 is 2.82 bits per heavy atom. The van der Waals surface area contributed by atoms with Gasteiger partial charge in [-0.25, -0.2) is 0 Å². The highest BCUT2D eigenvalue weighted by atomic mass is 16.6. The minimum atomic E-state index is -0.380. The quantitative estimate of drug-likeness (QED) is 0.461. The summed E-state index contributed by atoms with van der Waals surface area (Å²) >= 11 is 0. The van der Waals surface area contributed by atoms with Gasteiger partial charge in [0.1, 0.15) is 5.69 Å². The van der Waals surface area contributed by atoms with Crippen LogP contribution in [0.3, 0.4) is 0 Å². The van der Waals surface area contributed by atoms with Crippen molar-refractivity contribution in [1.29, 1.82) is 0 Å². The zero-order valence-electron chi connectivity index (χ0n) is 6.44. The Bertz CT molecular complexity index is 279. The number of nitrogens with zero attached hydrogens (tertiary/aromatic N) is 3. The smallest absolute Gasteiger partial charge is 0.247 e. The minimum absolute atomic E-state index is 0.188. The predicted octanol–water partition coefficient (Wildman–Crippen LogP) is 0.505. The normalized spacial score (nSPS) is 10.0. The molecular weight excluding hydrogens is 146 g/mol. The molecule has 0 spiro atoms. The molecule has 0 atom stereocenters. The van der Waals surface area contributed by atoms with Crippen LogP contribution in [0.4, 0.5) is 0 Å². The Labute approximate surface area is 63.8 Å². The van der Waals surface area contributed by atoms with Gasteiger partial charge in [-0.2, -0.15) is 5.10 Å². The number of aryl methyl sites for hydroxylation is 2. The maximum atomic E-state index is 10.1. The summed E-state index contributed by atoms with van der Waals surface area (Å²) in [5.74, 6) is 0. The first-order valence-electron chi connectivity index (χ1n) is 3.20. The van der Waals surface area contributed by atoms with E-state index in [0.717, 1.165) is 5.56 Å². The van der Waals surface area contributed by atoms with Gasteiger partial charge in [0, 0.05) is 18.2 Å². The lowest BCUT2D eigenvalue weighted by atomic mass is 10.3. The van der Waals surface area contributed by atoms with E-state index in [2.05, 4.69) is 5.10 Å². The number of aromatic nitrogens is 2. The van der Waals surface area contributed by atoms with E-state index in [1.54, 1.807) is 17.9 Å². The lowest BCUT2D eigenvalue weighted by Crippen LogP contribution is -2.01. The summed E-state index contributed by atoms with van der Waals surface area (Å²) in [6.45, 7) is 1.62. The molecule has 1 heterocycles. The van der Waals surface area contributed by atoms with E-state index >= 15 is 0 Å². The zero-order valence-corrected chi connectivity index (χ0v) is 6.44. The Hall–Kier alpha value is -1.39. The van der Waals surface area contributed by atoms with Crippen molar-refractivity contribution < 1.29 is 4.92 Å². The third-order valence-electron chi connectivity index (χ3n) is 1.39. The van der Waals surface area contributed by atoms with Crippen LogP contribution < -0.4 is 0 Å². The van der Waals surface area contributed by atoms with E-state index in [1.807, 2.05) is 6.92 Å². The summed E-state index contributed by atoms with van der Waals surface area (Å²) in [5, 5.41) is 14.0. The molecule has 0 N–H and O–H groups in total. The first-order chi connectivity index (χ1) is 5.09. The topological polar surface area (TPSA) is 61.0 Å². The molecule has 0 fully saturated rings. The third-order valence-corrected chi connectivity index (χ3v) is 1.39. The van der Waals surface area contributed by atoms with E-state index in [-0.39, 0.29) is 11.5 Å². The van der Waals surface area contributed by atoms with E-state index in [4.69, 9.17) is 0 Å². The summed E-state index contributed by atoms with van der Waals surface area (Å²) in [5.41, 5.74) is 1.40. The van der Waals surface area contributed by atoms with Crippen molar-refractivity contribution in [3.05, 3.63) is 27.6 Å². The van der Waals surface area contributed by atoms with Crippen LogP contribution in [0.1, 0.15) is 11.3 Å². The van der Waals surface area contributed by atoms with Gasteiger partial charge in [-0.3, -0.25) is 14.8 Å². The van der Waals surface area contributed by atoms with Crippen molar-refractivity contribution >= 4 is 0 Å². The van der Waals surface area contributed by atoms with Gasteiger partial charge in [0.05, 0.1) is 0 Å². The van der Waals surface area contributed by atoms with Crippen LogP contribution in [-0.2, 0) is 13.6 Å². The van der Waals surface area contributed by atoms with Gasteiger partial charge < -0.3 is 0 Å². The molecule has 0 saturated heterocycles. The van der Waals surface area contributed by atoms with Crippen molar-refractivity contribution in [2.24, 2.45) is 7.05 Å². The van der Waals surface area contributed by atoms with E-state index in [1.165, 1.54) is 0 Å². The molecule has 0 aliphatic heterocycles. The van der Waals surface area contributed by atoms with Crippen LogP contribution >= 0.6 is 0 Å². The number of hydrogen-bond acceptors (Lipinski definition) is 3. The van der Waals surface area contributed by atoms with Gasteiger partial charge in [0.2, 0.25) is 6.54 Å². The standard InChI is InChI=1S/C6H9N3O2/c1-5-3-8(2)7-6(5)4-9(10)11/h3H,4H2,1-2H3. The minimum Gasteiger partial charge on any atom is -0.275 e. The molecule has 0 aliphatic rings. The van der Waals surface area contributed by atoms with Crippen molar-refractivity contribution in [3.8, 4) is 0 Å². The van der Waals surface area contributed by atoms with Crippen LogP contribution in [0.2, 0.25) is 0 Å². The highest BCUT2D eigenvalue weighted by molar-refractivity contribution is 5.13. The molecular formula is C6H9N3O2. The van der Waals surface area contributed by atoms with Gasteiger partial charge in [-0.05, 0) is 12.5 Å². The molecule has 0 radical (unpaired) electrons. The van der Waals surface area contributed by atoms with E-state index in [0.29, 0.717) is 5.69 Å². The number of nitro groups is 1. The maximum absolute atomic E-state index is 10.1. The number of rotatable bonds is 2. The van der Waals surface area contributed by atoms with Gasteiger partial charge >= 0.3 is 0 Å². The SMILES string of the molecule is Cc1cn(C)nc1C[N+](=O)[O-]. The summed E-state index contributed by atoms with van der Waals surface area (Å²) in [4.78, 5) is 9.71. The predicted molar refractivity (Wildman–Crippen MR) is 38.6 cm³/mol. The fourth-order valence-corrected chi connectivity index (χ4v) is 0.932. The molecule has 0 aromatic carbocycles. The lowest BCUT2D eigenvalue weighted by molar-refractivity contribution is -0.497. The maximum Gasteiger partial charge on any atom is 0.247 e. The second-order valence-corrected chi connectivity index (χ2v) is 2.42. The lowest BCUT2D eigenvalue weighted by Gasteiger charge is -1.88. The van der Waals surface area contributed by atoms with Crippen LogP contribution in [0, 0.1) is 17.0 Å². The second kappa shape index (κ2) is 2.69. The fraction of sp³-hybridized carbons (Fsp3) is 0.500. The molecule has 0 aliphatic carbocycles. The molecule has 1 aromatic rings. The van der Waals surface area contributed by atoms with E-state index < -0.39 is 0 Å². The molecule has 0 amide bonds. The average Bonchev–Trinajstić information content (AvgIpc) is 2.09. The molecule has 0 saturated carbocycles.